The van der Waals surface area contributed by atoms with E-state index in [0.29, 0.717) is 24.8 Å². The fraction of sp³-hybridized carbons (Fsp3) is 0.600. The van der Waals surface area contributed by atoms with Crippen LogP contribution in [0.1, 0.15) is 26.2 Å². The molecule has 0 radical (unpaired) electrons. The van der Waals surface area contributed by atoms with Crippen LogP contribution in [0.2, 0.25) is 0 Å². The first-order valence-corrected chi connectivity index (χ1v) is 4.61. The zero-order valence-corrected chi connectivity index (χ0v) is 7.59. The molecule has 3 heteroatoms. The van der Waals surface area contributed by atoms with Gasteiger partial charge in [-0.2, -0.15) is 0 Å². The third kappa shape index (κ3) is 1.32. The van der Waals surface area contributed by atoms with Crippen molar-refractivity contribution in [3.05, 3.63) is 11.1 Å². The largest absolute Gasteiger partial charge is 0.298 e. The van der Waals surface area contributed by atoms with Crippen LogP contribution >= 0.6 is 0 Å². The van der Waals surface area contributed by atoms with Crippen molar-refractivity contribution in [2.75, 3.05) is 0 Å². The first kappa shape index (κ1) is 8.60. The minimum atomic E-state index is -0.783. The maximum absolute atomic E-state index is 13.1. The molecular weight excluding hydrogens is 169 g/mol. The fourth-order valence-electron chi connectivity index (χ4n) is 2.04. The van der Waals surface area contributed by atoms with Gasteiger partial charge in [-0.25, -0.2) is 4.39 Å². The van der Waals surface area contributed by atoms with Gasteiger partial charge in [0.05, 0.1) is 6.04 Å². The molecular formula is C10H12FNO. The van der Waals surface area contributed by atoms with Crippen molar-refractivity contribution in [1.82, 2.24) is 0 Å². The second-order valence-electron chi connectivity index (χ2n) is 3.64. The third-order valence-electron chi connectivity index (χ3n) is 2.74. The van der Waals surface area contributed by atoms with E-state index in [1.165, 1.54) is 0 Å². The van der Waals surface area contributed by atoms with Crippen molar-refractivity contribution in [2.45, 2.75) is 38.4 Å². The van der Waals surface area contributed by atoms with Gasteiger partial charge in [-0.15, -0.1) is 0 Å². The number of hydrogen-bond acceptors (Lipinski definition) is 2. The average Bonchev–Trinajstić information content (AvgIpc) is 2.40. The lowest BCUT2D eigenvalue weighted by Crippen LogP contribution is -2.17. The molecule has 13 heavy (non-hydrogen) atoms. The highest BCUT2D eigenvalue weighted by Crippen LogP contribution is 2.32. The monoisotopic (exact) mass is 181 g/mol. The summed E-state index contributed by atoms with van der Waals surface area (Å²) in [6.07, 6.45) is 1.68. The second kappa shape index (κ2) is 3.05. The van der Waals surface area contributed by atoms with E-state index < -0.39 is 6.17 Å². The summed E-state index contributed by atoms with van der Waals surface area (Å²) in [6.45, 7) is 1.88. The normalized spacial score (nSPS) is 32.9. The number of nitrogens with zero attached hydrogens (tertiary/aromatic N) is 1. The second-order valence-corrected chi connectivity index (χ2v) is 3.64. The summed E-state index contributed by atoms with van der Waals surface area (Å²) in [6, 6.07) is -0.0483. The molecule has 2 aliphatic rings. The lowest BCUT2D eigenvalue weighted by molar-refractivity contribution is -0.105. The lowest BCUT2D eigenvalue weighted by Gasteiger charge is -2.17. The SMILES string of the molecule is CC1N=C2CCC(F)CC2=C1C=O. The van der Waals surface area contributed by atoms with E-state index in [9.17, 15) is 9.18 Å². The maximum atomic E-state index is 13.1. The number of aldehydes is 1. The molecule has 1 heterocycles. The summed E-state index contributed by atoms with van der Waals surface area (Å²) < 4.78 is 13.1. The molecule has 0 aromatic carbocycles. The van der Waals surface area contributed by atoms with Crippen molar-refractivity contribution in [2.24, 2.45) is 4.99 Å². The zero-order valence-electron chi connectivity index (χ0n) is 7.59. The van der Waals surface area contributed by atoms with Gasteiger partial charge in [0.25, 0.3) is 0 Å². The van der Waals surface area contributed by atoms with Crippen LogP contribution in [0.4, 0.5) is 4.39 Å². The fourth-order valence-corrected chi connectivity index (χ4v) is 2.04. The molecule has 2 rings (SSSR count). The Labute approximate surface area is 76.5 Å². The van der Waals surface area contributed by atoms with Gasteiger partial charge in [0.1, 0.15) is 12.5 Å². The van der Waals surface area contributed by atoms with Crippen molar-refractivity contribution in [3.63, 3.8) is 0 Å². The molecule has 0 aromatic heterocycles. The number of aliphatic imine (C=N–C) groups is 1. The Kier molecular flexibility index (Phi) is 2.02. The number of halogens is 1. The van der Waals surface area contributed by atoms with Gasteiger partial charge < -0.3 is 0 Å². The van der Waals surface area contributed by atoms with Gasteiger partial charge in [-0.3, -0.25) is 9.79 Å². The summed E-state index contributed by atoms with van der Waals surface area (Å²) in [5.41, 5.74) is 2.53. The number of alkyl halides is 1. The average molecular weight is 181 g/mol. The number of rotatable bonds is 1. The number of allylic oxidation sites excluding steroid dienone is 1. The number of carbonyl (C=O) groups excluding carboxylic acids is 1. The number of carbonyl (C=O) groups is 1. The van der Waals surface area contributed by atoms with Crippen LogP contribution in [0.5, 0.6) is 0 Å². The Bertz CT molecular complexity index is 306. The van der Waals surface area contributed by atoms with E-state index in [-0.39, 0.29) is 6.04 Å². The topological polar surface area (TPSA) is 29.4 Å². The van der Waals surface area contributed by atoms with Gasteiger partial charge in [-0.05, 0) is 25.3 Å². The molecule has 2 atom stereocenters. The minimum absolute atomic E-state index is 0.0483. The van der Waals surface area contributed by atoms with Crippen molar-refractivity contribution < 1.29 is 9.18 Å². The van der Waals surface area contributed by atoms with Crippen LogP contribution in [0, 0.1) is 0 Å². The molecule has 0 N–H and O–H groups in total. The van der Waals surface area contributed by atoms with E-state index in [0.717, 1.165) is 17.6 Å². The summed E-state index contributed by atoms with van der Waals surface area (Å²) in [7, 11) is 0. The molecule has 0 amide bonds. The Morgan fingerprint density at radius 3 is 3.08 bits per heavy atom. The van der Waals surface area contributed by atoms with Crippen LogP contribution in [0.25, 0.3) is 0 Å². The summed E-state index contributed by atoms with van der Waals surface area (Å²) in [5.74, 6) is 0. The molecule has 1 saturated carbocycles. The highest BCUT2D eigenvalue weighted by molar-refractivity contribution is 6.08. The summed E-state index contributed by atoms with van der Waals surface area (Å²) >= 11 is 0. The van der Waals surface area contributed by atoms with Crippen LogP contribution in [0.3, 0.4) is 0 Å². The third-order valence-corrected chi connectivity index (χ3v) is 2.74. The predicted molar refractivity (Wildman–Crippen MR) is 48.7 cm³/mol. The quantitative estimate of drug-likeness (QED) is 0.567. The molecule has 1 aliphatic carbocycles. The van der Waals surface area contributed by atoms with Crippen LogP contribution in [-0.4, -0.2) is 24.2 Å². The molecule has 0 aromatic rings. The van der Waals surface area contributed by atoms with E-state index in [1.807, 2.05) is 6.92 Å². The van der Waals surface area contributed by atoms with E-state index in [4.69, 9.17) is 0 Å². The summed E-state index contributed by atoms with van der Waals surface area (Å²) in [5, 5.41) is 0. The van der Waals surface area contributed by atoms with Crippen LogP contribution in [-0.2, 0) is 4.79 Å². The highest BCUT2D eigenvalue weighted by Gasteiger charge is 2.30. The maximum Gasteiger partial charge on any atom is 0.148 e. The number of hydrogen-bond donors (Lipinski definition) is 0. The van der Waals surface area contributed by atoms with E-state index in [1.54, 1.807) is 0 Å². The lowest BCUT2D eigenvalue weighted by atomic mass is 9.89. The van der Waals surface area contributed by atoms with Crippen molar-refractivity contribution in [3.8, 4) is 0 Å². The van der Waals surface area contributed by atoms with Gasteiger partial charge in [-0.1, -0.05) is 0 Å². The Morgan fingerprint density at radius 1 is 1.62 bits per heavy atom. The highest BCUT2D eigenvalue weighted by atomic mass is 19.1. The molecule has 0 saturated heterocycles. The first-order chi connectivity index (χ1) is 6.22. The Hall–Kier alpha value is -0.990. The Morgan fingerprint density at radius 2 is 2.38 bits per heavy atom. The van der Waals surface area contributed by atoms with E-state index >= 15 is 0 Å². The minimum Gasteiger partial charge on any atom is -0.298 e. The van der Waals surface area contributed by atoms with Gasteiger partial charge in [0.2, 0.25) is 0 Å². The van der Waals surface area contributed by atoms with Gasteiger partial charge >= 0.3 is 0 Å². The van der Waals surface area contributed by atoms with Crippen molar-refractivity contribution >= 4 is 12.0 Å². The molecule has 0 bridgehead atoms. The van der Waals surface area contributed by atoms with Crippen LogP contribution in [0.15, 0.2) is 16.1 Å². The first-order valence-electron chi connectivity index (χ1n) is 4.61. The smallest absolute Gasteiger partial charge is 0.148 e. The van der Waals surface area contributed by atoms with Gasteiger partial charge in [0, 0.05) is 17.7 Å². The number of fused-ring (bicyclic) bond motifs is 1. The van der Waals surface area contributed by atoms with Crippen molar-refractivity contribution in [1.29, 1.82) is 0 Å². The van der Waals surface area contributed by atoms with Gasteiger partial charge in [0.15, 0.2) is 0 Å². The van der Waals surface area contributed by atoms with E-state index in [2.05, 4.69) is 4.99 Å². The molecule has 70 valence electrons. The Balaban J connectivity index is 2.35. The predicted octanol–water partition coefficient (Wildman–Crippen LogP) is 1.85. The standard InChI is InChI=1S/C10H12FNO/c1-6-9(5-13)8-4-7(11)2-3-10(8)12-6/h5-7H,2-4H2,1H3. The molecule has 1 fully saturated rings. The molecule has 2 nitrogen and oxygen atoms in total. The molecule has 2 unspecified atom stereocenters. The molecule has 0 spiro atoms. The zero-order chi connectivity index (χ0) is 9.42. The van der Waals surface area contributed by atoms with Crippen LogP contribution < -0.4 is 0 Å². The molecule has 1 aliphatic heterocycles. The summed E-state index contributed by atoms with van der Waals surface area (Å²) in [4.78, 5) is 15.1.